The zero-order chi connectivity index (χ0) is 5.98. The number of nitrogens with one attached hydrogen (secondary N) is 1. The van der Waals surface area contributed by atoms with Crippen LogP contribution in [0.1, 0.15) is 6.92 Å². The van der Waals surface area contributed by atoms with E-state index in [0.29, 0.717) is 12.1 Å². The Morgan fingerprint density at radius 3 is 3.00 bits per heavy atom. The highest BCUT2D eigenvalue weighted by Gasteiger charge is 2.28. The van der Waals surface area contributed by atoms with Crippen LogP contribution in [0.3, 0.4) is 0 Å². The van der Waals surface area contributed by atoms with Gasteiger partial charge in [0, 0.05) is 6.04 Å². The molecule has 0 aliphatic carbocycles. The van der Waals surface area contributed by atoms with Crippen LogP contribution in [0.2, 0.25) is 0 Å². The third kappa shape index (κ3) is 1.95. The minimum Gasteiger partial charge on any atom is -0.371 e. The Morgan fingerprint density at radius 2 is 2.62 bits per heavy atom. The molecule has 3 unspecified atom stereocenters. The lowest BCUT2D eigenvalue weighted by Crippen LogP contribution is -2.22. The standard InChI is InChI=1S/C4H11NOP2/c1-3(5-8-7)4-2-6-4/h3-5,8H,2,7H2,1H3/t3-,4?/m0/s1. The minimum atomic E-state index is 0.503. The summed E-state index contributed by atoms with van der Waals surface area (Å²) in [6, 6.07) is 0.547. The summed E-state index contributed by atoms with van der Waals surface area (Å²) in [5.74, 6) is 0. The van der Waals surface area contributed by atoms with Crippen molar-refractivity contribution in [2.45, 2.75) is 19.1 Å². The molecule has 0 aromatic carbocycles. The smallest absolute Gasteiger partial charge is 0.0962 e. The Hall–Kier alpha value is 0.780. The lowest BCUT2D eigenvalue weighted by Gasteiger charge is -2.06. The quantitative estimate of drug-likeness (QED) is 0.475. The second kappa shape index (κ2) is 3.08. The Labute approximate surface area is 53.7 Å². The SMILES string of the molecule is C[C@H](NPP)C1CO1. The fourth-order valence-electron chi connectivity index (χ4n) is 0.569. The number of rotatable bonds is 3. The average Bonchev–Trinajstić information content (AvgIpc) is 2.45. The molecule has 1 heterocycles. The molecule has 0 radical (unpaired) electrons. The van der Waals surface area contributed by atoms with Crippen LogP contribution in [0.15, 0.2) is 0 Å². The van der Waals surface area contributed by atoms with Gasteiger partial charge in [0.15, 0.2) is 0 Å². The Morgan fingerprint density at radius 1 is 2.00 bits per heavy atom. The van der Waals surface area contributed by atoms with Crippen molar-refractivity contribution in [2.75, 3.05) is 6.61 Å². The second-order valence-corrected chi connectivity index (χ2v) is 3.39. The maximum absolute atomic E-state index is 5.06. The minimum absolute atomic E-state index is 0.503. The van der Waals surface area contributed by atoms with Crippen molar-refractivity contribution in [3.8, 4) is 0 Å². The van der Waals surface area contributed by atoms with Crippen LogP contribution >= 0.6 is 17.3 Å². The molecule has 1 aliphatic rings. The molecule has 1 aliphatic heterocycles. The summed E-state index contributed by atoms with van der Waals surface area (Å²) in [6.45, 7) is 3.10. The molecule has 0 saturated carbocycles. The van der Waals surface area contributed by atoms with Crippen LogP contribution in [0.25, 0.3) is 0 Å². The number of epoxide rings is 1. The topological polar surface area (TPSA) is 24.6 Å². The predicted molar refractivity (Wildman–Crippen MR) is 40.4 cm³/mol. The van der Waals surface area contributed by atoms with Crippen LogP contribution in [-0.2, 0) is 4.74 Å². The van der Waals surface area contributed by atoms with Crippen LogP contribution in [0.5, 0.6) is 0 Å². The summed E-state index contributed by atoms with van der Waals surface area (Å²) in [7, 11) is 3.42. The van der Waals surface area contributed by atoms with Crippen molar-refractivity contribution in [2.24, 2.45) is 0 Å². The van der Waals surface area contributed by atoms with E-state index in [1.807, 2.05) is 0 Å². The van der Waals surface area contributed by atoms with E-state index in [2.05, 4.69) is 20.9 Å². The fourth-order valence-corrected chi connectivity index (χ4v) is 1.81. The Balaban J connectivity index is 2.03. The molecule has 1 N–H and O–H groups in total. The number of hydrogen-bond acceptors (Lipinski definition) is 2. The first-order valence-corrected chi connectivity index (χ1v) is 5.48. The molecule has 0 bridgehead atoms. The molecule has 0 aromatic rings. The molecular weight excluding hydrogens is 140 g/mol. The molecule has 0 spiro atoms. The van der Waals surface area contributed by atoms with Gasteiger partial charge in [-0.1, -0.05) is 8.93 Å². The van der Waals surface area contributed by atoms with E-state index in [4.69, 9.17) is 4.74 Å². The van der Waals surface area contributed by atoms with Gasteiger partial charge in [-0.3, -0.25) is 5.09 Å². The van der Waals surface area contributed by atoms with Gasteiger partial charge < -0.3 is 4.74 Å². The third-order valence-corrected chi connectivity index (χ3v) is 2.35. The van der Waals surface area contributed by atoms with Crippen LogP contribution < -0.4 is 5.09 Å². The van der Waals surface area contributed by atoms with Crippen LogP contribution in [-0.4, -0.2) is 18.8 Å². The van der Waals surface area contributed by atoms with Gasteiger partial charge in [-0.05, 0) is 15.3 Å². The monoisotopic (exact) mass is 151 g/mol. The number of ether oxygens (including phenoxy) is 1. The zero-order valence-electron chi connectivity index (χ0n) is 4.85. The van der Waals surface area contributed by atoms with Crippen molar-refractivity contribution in [3.05, 3.63) is 0 Å². The van der Waals surface area contributed by atoms with E-state index in [1.54, 1.807) is 0 Å². The third-order valence-electron chi connectivity index (χ3n) is 1.23. The van der Waals surface area contributed by atoms with E-state index in [-0.39, 0.29) is 0 Å². The molecule has 1 saturated heterocycles. The highest BCUT2D eigenvalue weighted by atomic mass is 32.0. The molecule has 2 nitrogen and oxygen atoms in total. The lowest BCUT2D eigenvalue weighted by atomic mass is 10.3. The molecule has 0 aromatic heterocycles. The van der Waals surface area contributed by atoms with Gasteiger partial charge in [-0.15, -0.1) is 0 Å². The lowest BCUT2D eigenvalue weighted by molar-refractivity contribution is 0.374. The first-order valence-electron chi connectivity index (χ1n) is 2.67. The summed E-state index contributed by atoms with van der Waals surface area (Å²) < 4.78 is 5.06. The highest BCUT2D eigenvalue weighted by molar-refractivity contribution is 8.01. The van der Waals surface area contributed by atoms with E-state index in [0.717, 1.165) is 15.0 Å². The predicted octanol–water partition coefficient (Wildman–Crippen LogP) is 0.747. The normalized spacial score (nSPS) is 31.5. The van der Waals surface area contributed by atoms with Crippen molar-refractivity contribution < 1.29 is 4.74 Å². The van der Waals surface area contributed by atoms with E-state index in [1.165, 1.54) is 0 Å². The van der Waals surface area contributed by atoms with Crippen molar-refractivity contribution in [1.82, 2.24) is 5.09 Å². The summed E-state index contributed by atoms with van der Waals surface area (Å²) in [4.78, 5) is 0. The Bertz CT molecular complexity index is 76.4. The number of hydrogen-bond donors (Lipinski definition) is 1. The fraction of sp³-hybridized carbons (Fsp3) is 1.00. The first kappa shape index (κ1) is 6.89. The molecule has 0 amide bonds. The molecule has 1 fully saturated rings. The van der Waals surface area contributed by atoms with Gasteiger partial charge in [0.1, 0.15) is 0 Å². The van der Waals surface area contributed by atoms with Gasteiger partial charge >= 0.3 is 0 Å². The summed E-state index contributed by atoms with van der Waals surface area (Å²) in [5.41, 5.74) is 0. The van der Waals surface area contributed by atoms with Crippen LogP contribution in [0.4, 0.5) is 0 Å². The van der Waals surface area contributed by atoms with E-state index in [9.17, 15) is 0 Å². The molecule has 4 heteroatoms. The Kier molecular flexibility index (Phi) is 2.65. The molecular formula is C4H11NOP2. The van der Waals surface area contributed by atoms with Crippen LogP contribution in [0, 0.1) is 0 Å². The zero-order valence-corrected chi connectivity index (χ0v) is 7.00. The van der Waals surface area contributed by atoms with Gasteiger partial charge in [0.25, 0.3) is 0 Å². The van der Waals surface area contributed by atoms with Gasteiger partial charge in [-0.25, -0.2) is 0 Å². The van der Waals surface area contributed by atoms with Crippen molar-refractivity contribution >= 4 is 17.3 Å². The maximum Gasteiger partial charge on any atom is 0.0962 e. The summed E-state index contributed by atoms with van der Waals surface area (Å²) >= 11 is 0. The van der Waals surface area contributed by atoms with E-state index >= 15 is 0 Å². The van der Waals surface area contributed by atoms with Crippen molar-refractivity contribution in [3.63, 3.8) is 0 Å². The highest BCUT2D eigenvalue weighted by Crippen LogP contribution is 2.21. The second-order valence-electron chi connectivity index (χ2n) is 1.95. The molecule has 4 atom stereocenters. The molecule has 8 heavy (non-hydrogen) atoms. The summed E-state index contributed by atoms with van der Waals surface area (Å²) in [6.07, 6.45) is 0.503. The van der Waals surface area contributed by atoms with Gasteiger partial charge in [0.2, 0.25) is 0 Å². The van der Waals surface area contributed by atoms with E-state index < -0.39 is 0 Å². The van der Waals surface area contributed by atoms with Gasteiger partial charge in [0.05, 0.1) is 12.7 Å². The molecule has 48 valence electrons. The molecule has 1 rings (SSSR count). The average molecular weight is 151 g/mol. The summed E-state index contributed by atoms with van der Waals surface area (Å²) in [5, 5.41) is 3.27. The van der Waals surface area contributed by atoms with Gasteiger partial charge in [-0.2, -0.15) is 0 Å². The largest absolute Gasteiger partial charge is 0.371 e. The maximum atomic E-state index is 5.06. The first-order chi connectivity index (χ1) is 3.84. The van der Waals surface area contributed by atoms with Crippen molar-refractivity contribution in [1.29, 1.82) is 0 Å².